The molecule has 0 aromatic carbocycles. The molecule has 96 valence electrons. The zero-order valence-corrected chi connectivity index (χ0v) is 12.1. The average molecular weight is 244 g/mol. The SMILES string of the molecule is CCCC(C)(CN)CN1CC(C)SC(C)C1. The summed E-state index contributed by atoms with van der Waals surface area (Å²) in [6.07, 6.45) is 2.48. The van der Waals surface area contributed by atoms with E-state index in [-0.39, 0.29) is 0 Å². The van der Waals surface area contributed by atoms with E-state index >= 15 is 0 Å². The van der Waals surface area contributed by atoms with Crippen LogP contribution in [0.3, 0.4) is 0 Å². The van der Waals surface area contributed by atoms with Crippen molar-refractivity contribution in [3.05, 3.63) is 0 Å². The fourth-order valence-corrected chi connectivity index (χ4v) is 4.19. The standard InChI is InChI=1S/C13H28N2S/c1-5-6-13(4,9-14)10-15-7-11(2)16-12(3)8-15/h11-12H,5-10,14H2,1-4H3. The van der Waals surface area contributed by atoms with Crippen molar-refractivity contribution in [1.29, 1.82) is 0 Å². The fraction of sp³-hybridized carbons (Fsp3) is 1.00. The molecular weight excluding hydrogens is 216 g/mol. The molecule has 3 atom stereocenters. The maximum atomic E-state index is 5.95. The normalized spacial score (nSPS) is 31.3. The molecule has 0 aliphatic carbocycles. The van der Waals surface area contributed by atoms with E-state index < -0.39 is 0 Å². The van der Waals surface area contributed by atoms with Crippen LogP contribution in [-0.4, -0.2) is 41.6 Å². The second-order valence-electron chi connectivity index (χ2n) is 5.72. The predicted octanol–water partition coefficient (Wildman–Crippen LogP) is 2.58. The van der Waals surface area contributed by atoms with Crippen molar-refractivity contribution >= 4 is 11.8 Å². The van der Waals surface area contributed by atoms with Crippen LogP contribution in [0.15, 0.2) is 0 Å². The molecule has 0 saturated carbocycles. The Morgan fingerprint density at radius 1 is 1.31 bits per heavy atom. The highest BCUT2D eigenvalue weighted by molar-refractivity contribution is 8.00. The lowest BCUT2D eigenvalue weighted by molar-refractivity contribution is 0.157. The third-order valence-corrected chi connectivity index (χ3v) is 4.67. The number of nitrogens with zero attached hydrogens (tertiary/aromatic N) is 1. The zero-order valence-electron chi connectivity index (χ0n) is 11.3. The average Bonchev–Trinajstić information content (AvgIpc) is 2.16. The van der Waals surface area contributed by atoms with E-state index in [0.29, 0.717) is 5.41 Å². The Balaban J connectivity index is 2.50. The third kappa shape index (κ3) is 4.27. The van der Waals surface area contributed by atoms with Crippen LogP contribution in [0.4, 0.5) is 0 Å². The van der Waals surface area contributed by atoms with Gasteiger partial charge in [-0.1, -0.05) is 34.1 Å². The summed E-state index contributed by atoms with van der Waals surface area (Å²) in [6.45, 7) is 13.7. The van der Waals surface area contributed by atoms with Gasteiger partial charge in [0.25, 0.3) is 0 Å². The lowest BCUT2D eigenvalue weighted by Crippen LogP contribution is -2.47. The predicted molar refractivity (Wildman–Crippen MR) is 75.0 cm³/mol. The zero-order chi connectivity index (χ0) is 12.2. The topological polar surface area (TPSA) is 29.3 Å². The van der Waals surface area contributed by atoms with Gasteiger partial charge in [0.15, 0.2) is 0 Å². The van der Waals surface area contributed by atoms with Crippen LogP contribution in [0.5, 0.6) is 0 Å². The van der Waals surface area contributed by atoms with Crippen LogP contribution in [-0.2, 0) is 0 Å². The van der Waals surface area contributed by atoms with Crippen molar-refractivity contribution in [2.45, 2.75) is 51.0 Å². The van der Waals surface area contributed by atoms with Gasteiger partial charge in [-0.2, -0.15) is 11.8 Å². The Morgan fingerprint density at radius 2 is 1.88 bits per heavy atom. The highest BCUT2D eigenvalue weighted by Gasteiger charge is 2.29. The Labute approximate surface area is 105 Å². The lowest BCUT2D eigenvalue weighted by atomic mass is 9.85. The van der Waals surface area contributed by atoms with Crippen molar-refractivity contribution in [2.24, 2.45) is 11.1 Å². The van der Waals surface area contributed by atoms with Crippen LogP contribution in [0.2, 0.25) is 0 Å². The Kier molecular flexibility index (Phi) is 5.62. The second kappa shape index (κ2) is 6.27. The quantitative estimate of drug-likeness (QED) is 0.806. The Morgan fingerprint density at radius 3 is 2.31 bits per heavy atom. The van der Waals surface area contributed by atoms with E-state index in [1.54, 1.807) is 0 Å². The molecule has 16 heavy (non-hydrogen) atoms. The smallest absolute Gasteiger partial charge is 0.0149 e. The molecule has 3 heteroatoms. The molecule has 2 N–H and O–H groups in total. The first kappa shape index (κ1) is 14.3. The number of thioether (sulfide) groups is 1. The van der Waals surface area contributed by atoms with E-state index in [0.717, 1.165) is 17.0 Å². The highest BCUT2D eigenvalue weighted by Crippen LogP contribution is 2.29. The van der Waals surface area contributed by atoms with Crippen molar-refractivity contribution < 1.29 is 0 Å². The van der Waals surface area contributed by atoms with Gasteiger partial charge < -0.3 is 10.6 Å². The largest absolute Gasteiger partial charge is 0.330 e. The van der Waals surface area contributed by atoms with Gasteiger partial charge in [-0.05, 0) is 18.4 Å². The second-order valence-corrected chi connectivity index (χ2v) is 7.60. The molecular formula is C13H28N2S. The summed E-state index contributed by atoms with van der Waals surface area (Å²) in [6, 6.07) is 0. The van der Waals surface area contributed by atoms with Gasteiger partial charge in [-0.15, -0.1) is 0 Å². The molecule has 1 aliphatic rings. The maximum Gasteiger partial charge on any atom is 0.0149 e. The molecule has 0 bridgehead atoms. The van der Waals surface area contributed by atoms with Crippen molar-refractivity contribution in [3.63, 3.8) is 0 Å². The van der Waals surface area contributed by atoms with Gasteiger partial charge >= 0.3 is 0 Å². The van der Waals surface area contributed by atoms with Crippen LogP contribution < -0.4 is 5.73 Å². The molecule has 0 aromatic heterocycles. The van der Waals surface area contributed by atoms with E-state index in [9.17, 15) is 0 Å². The van der Waals surface area contributed by atoms with Crippen molar-refractivity contribution in [3.8, 4) is 0 Å². The summed E-state index contributed by atoms with van der Waals surface area (Å²) in [4.78, 5) is 2.62. The number of rotatable bonds is 5. The molecule has 1 rings (SSSR count). The lowest BCUT2D eigenvalue weighted by Gasteiger charge is -2.40. The minimum absolute atomic E-state index is 0.316. The molecule has 0 radical (unpaired) electrons. The van der Waals surface area contributed by atoms with Gasteiger partial charge in [0, 0.05) is 30.1 Å². The van der Waals surface area contributed by atoms with Gasteiger partial charge in [0.2, 0.25) is 0 Å². The van der Waals surface area contributed by atoms with Gasteiger partial charge in [-0.3, -0.25) is 0 Å². The summed E-state index contributed by atoms with van der Waals surface area (Å²) in [5.41, 5.74) is 6.26. The monoisotopic (exact) mass is 244 g/mol. The molecule has 1 saturated heterocycles. The molecule has 0 amide bonds. The molecule has 1 fully saturated rings. The number of hydrogen-bond acceptors (Lipinski definition) is 3. The summed E-state index contributed by atoms with van der Waals surface area (Å²) in [7, 11) is 0. The van der Waals surface area contributed by atoms with Gasteiger partial charge in [0.1, 0.15) is 0 Å². The van der Waals surface area contributed by atoms with Gasteiger partial charge in [0.05, 0.1) is 0 Å². The summed E-state index contributed by atoms with van der Waals surface area (Å²) < 4.78 is 0. The summed E-state index contributed by atoms with van der Waals surface area (Å²) in [5.74, 6) is 0. The Hall–Kier alpha value is 0.270. The molecule has 1 heterocycles. The van der Waals surface area contributed by atoms with Crippen LogP contribution in [0.1, 0.15) is 40.5 Å². The molecule has 1 aliphatic heterocycles. The molecule has 3 unspecified atom stereocenters. The van der Waals surface area contributed by atoms with E-state index in [1.165, 1.54) is 32.5 Å². The highest BCUT2D eigenvalue weighted by atomic mass is 32.2. The van der Waals surface area contributed by atoms with E-state index in [2.05, 4.69) is 44.4 Å². The summed E-state index contributed by atoms with van der Waals surface area (Å²) in [5, 5.41) is 1.54. The van der Waals surface area contributed by atoms with Crippen LogP contribution in [0.25, 0.3) is 0 Å². The van der Waals surface area contributed by atoms with E-state index in [4.69, 9.17) is 5.73 Å². The van der Waals surface area contributed by atoms with E-state index in [1.807, 2.05) is 0 Å². The summed E-state index contributed by atoms with van der Waals surface area (Å²) >= 11 is 2.12. The molecule has 0 aromatic rings. The van der Waals surface area contributed by atoms with Crippen molar-refractivity contribution in [2.75, 3.05) is 26.2 Å². The number of hydrogen-bond donors (Lipinski definition) is 1. The maximum absolute atomic E-state index is 5.95. The number of nitrogens with two attached hydrogens (primary N) is 1. The Bertz CT molecular complexity index is 200. The fourth-order valence-electron chi connectivity index (χ4n) is 2.80. The molecule has 2 nitrogen and oxygen atoms in total. The first-order chi connectivity index (χ1) is 7.49. The first-order valence-electron chi connectivity index (χ1n) is 6.57. The minimum Gasteiger partial charge on any atom is -0.330 e. The minimum atomic E-state index is 0.316. The van der Waals surface area contributed by atoms with Gasteiger partial charge in [-0.25, -0.2) is 0 Å². The molecule has 0 spiro atoms. The first-order valence-corrected chi connectivity index (χ1v) is 7.51. The third-order valence-electron chi connectivity index (χ3n) is 3.45. The van der Waals surface area contributed by atoms with Crippen LogP contribution in [0, 0.1) is 5.41 Å². The van der Waals surface area contributed by atoms with Crippen LogP contribution >= 0.6 is 11.8 Å². The van der Waals surface area contributed by atoms with Crippen molar-refractivity contribution in [1.82, 2.24) is 4.90 Å².